The van der Waals surface area contributed by atoms with Gasteiger partial charge < -0.3 is 10.1 Å². The molecule has 0 amide bonds. The molecule has 0 aliphatic carbocycles. The predicted octanol–water partition coefficient (Wildman–Crippen LogP) is 2.67. The van der Waals surface area contributed by atoms with Crippen LogP contribution in [0.5, 0.6) is 0 Å². The largest absolute Gasteiger partial charge is 0.478 e. The van der Waals surface area contributed by atoms with Crippen LogP contribution in [0, 0.1) is 0 Å². The van der Waals surface area contributed by atoms with Crippen molar-refractivity contribution < 1.29 is 9.90 Å². The minimum absolute atomic E-state index is 0.0424. The molecule has 0 saturated heterocycles. The topological polar surface area (TPSA) is 75.1 Å². The fraction of sp³-hybridized carbons (Fsp3) is 0. The number of para-hydroxylation sites is 2. The van der Waals surface area contributed by atoms with E-state index in [0.717, 1.165) is 0 Å². The highest BCUT2D eigenvalue weighted by molar-refractivity contribution is 6.32. The SMILES string of the molecule is O=C(O)c1cccc2[nH]c(=O)n(-c3ccccc3Cl)c12. The standard InChI is InChI=1S/C14H9ClN2O3/c15-9-5-1-2-7-11(9)17-12-8(13(18)19)4-3-6-10(12)16-14(17)20/h1-7H,(H,16,20)(H,18,19). The van der Waals surface area contributed by atoms with Gasteiger partial charge in [-0.25, -0.2) is 9.59 Å². The normalized spacial score (nSPS) is 10.8. The van der Waals surface area contributed by atoms with E-state index in [-0.39, 0.29) is 5.56 Å². The molecular weight excluding hydrogens is 280 g/mol. The zero-order chi connectivity index (χ0) is 14.3. The fourth-order valence-corrected chi connectivity index (χ4v) is 2.41. The first-order chi connectivity index (χ1) is 9.59. The van der Waals surface area contributed by atoms with Crippen LogP contribution in [0.2, 0.25) is 5.02 Å². The molecule has 2 aromatic carbocycles. The molecule has 1 aromatic heterocycles. The molecule has 0 spiro atoms. The summed E-state index contributed by atoms with van der Waals surface area (Å²) in [5, 5.41) is 9.64. The van der Waals surface area contributed by atoms with Crippen LogP contribution in [0.3, 0.4) is 0 Å². The second-order valence-electron chi connectivity index (χ2n) is 4.22. The Labute approximate surface area is 118 Å². The number of aromatic carboxylic acids is 1. The summed E-state index contributed by atoms with van der Waals surface area (Å²) in [5.41, 5.74) is 0.814. The van der Waals surface area contributed by atoms with Crippen LogP contribution in [0.15, 0.2) is 47.3 Å². The number of benzene rings is 2. The highest BCUT2D eigenvalue weighted by Crippen LogP contribution is 2.24. The van der Waals surface area contributed by atoms with Crippen molar-refractivity contribution in [3.63, 3.8) is 0 Å². The van der Waals surface area contributed by atoms with E-state index in [4.69, 9.17) is 11.6 Å². The first-order valence-electron chi connectivity index (χ1n) is 5.81. The Morgan fingerprint density at radius 2 is 1.90 bits per heavy atom. The number of carbonyl (C=O) groups is 1. The molecule has 0 bridgehead atoms. The third kappa shape index (κ3) is 1.80. The summed E-state index contributed by atoms with van der Waals surface area (Å²) >= 11 is 6.10. The third-order valence-electron chi connectivity index (χ3n) is 3.03. The van der Waals surface area contributed by atoms with Crippen molar-refractivity contribution in [3.8, 4) is 5.69 Å². The lowest BCUT2D eigenvalue weighted by Crippen LogP contribution is -2.16. The fourth-order valence-electron chi connectivity index (χ4n) is 2.19. The molecule has 1 heterocycles. The number of hydrogen-bond acceptors (Lipinski definition) is 2. The van der Waals surface area contributed by atoms with E-state index >= 15 is 0 Å². The molecule has 3 rings (SSSR count). The highest BCUT2D eigenvalue weighted by atomic mass is 35.5. The van der Waals surface area contributed by atoms with E-state index in [9.17, 15) is 14.7 Å². The number of imidazole rings is 1. The van der Waals surface area contributed by atoms with Crippen LogP contribution >= 0.6 is 11.6 Å². The Morgan fingerprint density at radius 3 is 2.60 bits per heavy atom. The minimum Gasteiger partial charge on any atom is -0.478 e. The van der Waals surface area contributed by atoms with E-state index < -0.39 is 11.7 Å². The predicted molar refractivity (Wildman–Crippen MR) is 75.9 cm³/mol. The number of carboxylic acids is 1. The number of H-pyrrole nitrogens is 1. The number of nitrogens with zero attached hydrogens (tertiary/aromatic N) is 1. The van der Waals surface area contributed by atoms with Gasteiger partial charge >= 0.3 is 11.7 Å². The summed E-state index contributed by atoms with van der Waals surface area (Å²) in [6.07, 6.45) is 0. The van der Waals surface area contributed by atoms with Gasteiger partial charge in [-0.2, -0.15) is 0 Å². The van der Waals surface area contributed by atoms with Crippen molar-refractivity contribution in [2.75, 3.05) is 0 Å². The number of aromatic nitrogens is 2. The quantitative estimate of drug-likeness (QED) is 0.761. The first kappa shape index (κ1) is 12.5. The first-order valence-corrected chi connectivity index (χ1v) is 6.19. The number of rotatable bonds is 2. The van der Waals surface area contributed by atoms with Crippen molar-refractivity contribution in [1.82, 2.24) is 9.55 Å². The van der Waals surface area contributed by atoms with Crippen LogP contribution in [0.25, 0.3) is 16.7 Å². The van der Waals surface area contributed by atoms with Gasteiger partial charge in [0, 0.05) is 0 Å². The van der Waals surface area contributed by atoms with Gasteiger partial charge in [0.05, 0.1) is 27.3 Å². The Kier molecular flexibility index (Phi) is 2.84. The van der Waals surface area contributed by atoms with E-state index in [2.05, 4.69) is 4.98 Å². The molecule has 0 aliphatic heterocycles. The average molecular weight is 289 g/mol. The van der Waals surface area contributed by atoms with Crippen LogP contribution in [-0.4, -0.2) is 20.6 Å². The summed E-state index contributed by atoms with van der Waals surface area (Å²) in [4.78, 5) is 26.1. The Balaban J connectivity index is 2.48. The van der Waals surface area contributed by atoms with Crippen LogP contribution in [0.4, 0.5) is 0 Å². The van der Waals surface area contributed by atoms with Gasteiger partial charge in [0.2, 0.25) is 0 Å². The summed E-state index contributed by atoms with van der Waals surface area (Å²) < 4.78 is 1.28. The van der Waals surface area contributed by atoms with Gasteiger partial charge in [0.15, 0.2) is 0 Å². The second-order valence-corrected chi connectivity index (χ2v) is 4.63. The summed E-state index contributed by atoms with van der Waals surface area (Å²) in [7, 11) is 0. The minimum atomic E-state index is -1.10. The van der Waals surface area contributed by atoms with Crippen molar-refractivity contribution >= 4 is 28.6 Å². The van der Waals surface area contributed by atoms with Crippen molar-refractivity contribution in [2.24, 2.45) is 0 Å². The molecule has 0 radical (unpaired) electrons. The van der Waals surface area contributed by atoms with Gasteiger partial charge in [-0.05, 0) is 24.3 Å². The molecule has 6 heteroatoms. The smallest absolute Gasteiger partial charge is 0.337 e. The van der Waals surface area contributed by atoms with Gasteiger partial charge in [-0.15, -0.1) is 0 Å². The molecule has 0 aliphatic rings. The molecule has 3 aromatic rings. The molecule has 0 unspecified atom stereocenters. The average Bonchev–Trinajstić information content (AvgIpc) is 2.75. The molecule has 0 fully saturated rings. The summed E-state index contributed by atoms with van der Waals surface area (Å²) in [5.74, 6) is -1.10. The maximum absolute atomic E-state index is 12.1. The molecule has 0 atom stereocenters. The van der Waals surface area contributed by atoms with E-state index in [1.807, 2.05) is 0 Å². The maximum Gasteiger partial charge on any atom is 0.337 e. The molecule has 2 N–H and O–H groups in total. The molecule has 0 saturated carbocycles. The van der Waals surface area contributed by atoms with Crippen molar-refractivity contribution in [2.45, 2.75) is 0 Å². The van der Waals surface area contributed by atoms with Crippen LogP contribution in [0.1, 0.15) is 10.4 Å². The zero-order valence-corrected chi connectivity index (χ0v) is 10.9. The number of carboxylic acid groups (broad SMARTS) is 1. The molecule has 20 heavy (non-hydrogen) atoms. The van der Waals surface area contributed by atoms with E-state index in [1.165, 1.54) is 10.6 Å². The molecular formula is C14H9ClN2O3. The lowest BCUT2D eigenvalue weighted by atomic mass is 10.2. The van der Waals surface area contributed by atoms with Gasteiger partial charge in [-0.1, -0.05) is 29.8 Å². The van der Waals surface area contributed by atoms with Gasteiger partial charge in [0.25, 0.3) is 0 Å². The second kappa shape index (κ2) is 4.54. The van der Waals surface area contributed by atoms with Gasteiger partial charge in [0.1, 0.15) is 0 Å². The number of nitrogens with one attached hydrogen (secondary N) is 1. The Hall–Kier alpha value is -2.53. The van der Waals surface area contributed by atoms with Crippen molar-refractivity contribution in [3.05, 3.63) is 63.5 Å². The Bertz CT molecular complexity index is 880. The highest BCUT2D eigenvalue weighted by Gasteiger charge is 2.17. The van der Waals surface area contributed by atoms with E-state index in [1.54, 1.807) is 36.4 Å². The number of hydrogen-bond donors (Lipinski definition) is 2. The number of aromatic amines is 1. The summed E-state index contributed by atoms with van der Waals surface area (Å²) in [6, 6.07) is 11.5. The number of halogens is 1. The zero-order valence-electron chi connectivity index (χ0n) is 10.1. The van der Waals surface area contributed by atoms with Crippen LogP contribution < -0.4 is 5.69 Å². The maximum atomic E-state index is 12.1. The molecule has 100 valence electrons. The number of fused-ring (bicyclic) bond motifs is 1. The van der Waals surface area contributed by atoms with Crippen molar-refractivity contribution in [1.29, 1.82) is 0 Å². The lowest BCUT2D eigenvalue weighted by molar-refractivity contribution is 0.0698. The van der Waals surface area contributed by atoms with Gasteiger partial charge in [-0.3, -0.25) is 4.57 Å². The Morgan fingerprint density at radius 1 is 1.15 bits per heavy atom. The third-order valence-corrected chi connectivity index (χ3v) is 3.35. The molecule has 5 nitrogen and oxygen atoms in total. The summed E-state index contributed by atoms with van der Waals surface area (Å²) in [6.45, 7) is 0. The van der Waals surface area contributed by atoms with E-state index in [0.29, 0.717) is 21.7 Å². The lowest BCUT2D eigenvalue weighted by Gasteiger charge is -2.07. The van der Waals surface area contributed by atoms with Crippen LogP contribution in [-0.2, 0) is 0 Å². The monoisotopic (exact) mass is 288 g/mol.